The molecule has 0 bridgehead atoms. The summed E-state index contributed by atoms with van der Waals surface area (Å²) in [7, 11) is 3.27. The molecule has 2 aliphatic rings. The fourth-order valence-corrected chi connectivity index (χ4v) is 5.86. The van der Waals surface area contributed by atoms with Crippen LogP contribution in [0.2, 0.25) is 0 Å². The zero-order valence-electron chi connectivity index (χ0n) is 28.8. The minimum Gasteiger partial charge on any atom is -0.497 e. The van der Waals surface area contributed by atoms with E-state index in [0.717, 1.165) is 37.2 Å². The summed E-state index contributed by atoms with van der Waals surface area (Å²) in [6.07, 6.45) is 5.40. The van der Waals surface area contributed by atoms with E-state index in [1.54, 1.807) is 14.2 Å². The first-order valence-electron chi connectivity index (χ1n) is 16.6. The predicted molar refractivity (Wildman–Crippen MR) is 181 cm³/mol. The number of aromatic nitrogens is 6. The summed E-state index contributed by atoms with van der Waals surface area (Å²) in [5.74, 6) is 0.208. The number of nitrogens with one attached hydrogen (secondary N) is 1. The Labute approximate surface area is 301 Å². The lowest BCUT2D eigenvalue weighted by atomic mass is 9.92. The van der Waals surface area contributed by atoms with Crippen molar-refractivity contribution >= 4 is 11.7 Å². The molecule has 0 atom stereocenters. The molecular weight excluding hydrogens is 698 g/mol. The lowest BCUT2D eigenvalue weighted by molar-refractivity contribution is -0.131. The third-order valence-electron chi connectivity index (χ3n) is 9.33. The van der Waals surface area contributed by atoms with E-state index in [4.69, 9.17) is 13.9 Å². The summed E-state index contributed by atoms with van der Waals surface area (Å²) in [6.45, 7) is -0.512. The fraction of sp³-hybridized carbons (Fsp3) is 0.351. The van der Waals surface area contributed by atoms with Gasteiger partial charge in [0.25, 0.3) is 17.7 Å². The number of hydrogen-bond acceptors (Lipinski definition) is 11. The van der Waals surface area contributed by atoms with E-state index in [-0.39, 0.29) is 22.3 Å². The summed E-state index contributed by atoms with van der Waals surface area (Å²) in [6, 6.07) is 16.0. The number of ether oxygens (including phenoxy) is 2. The highest BCUT2D eigenvalue weighted by atomic mass is 19.3. The standard InChI is InChI=1S/C19H19F2N3O3.C18H16F2N4O2/c1-27-14-4-2-13(3-5-14)19(6-7-19)8-16-22-9-12(10-23-16)15(25)11-24-18(26)17(20)21;1-25-13-4-2-12(3-5-13)18(6-7-18)8-14-21-9-11(10-22-14)16-23-24-17(26-16)15(19)20/h2-5,9-10,17H,6-8,11H2,1H3,(H,24,26);2-5,9-10,15H,6-8H2,1H3. The van der Waals surface area contributed by atoms with E-state index in [9.17, 15) is 27.2 Å². The highest BCUT2D eigenvalue weighted by Crippen LogP contribution is 2.51. The van der Waals surface area contributed by atoms with E-state index in [2.05, 4.69) is 42.3 Å². The number of alkyl halides is 4. The third-order valence-corrected chi connectivity index (χ3v) is 9.33. The van der Waals surface area contributed by atoms with Gasteiger partial charge in [-0.05, 0) is 61.1 Å². The van der Waals surface area contributed by atoms with Crippen LogP contribution in [0.5, 0.6) is 11.5 Å². The van der Waals surface area contributed by atoms with Crippen LogP contribution in [0, 0.1) is 0 Å². The Morgan fingerprint density at radius 2 is 1.21 bits per heavy atom. The molecule has 0 spiro atoms. The molecule has 16 heteroatoms. The second-order valence-electron chi connectivity index (χ2n) is 12.8. The molecule has 12 nitrogen and oxygen atoms in total. The van der Waals surface area contributed by atoms with E-state index >= 15 is 0 Å². The number of carbonyl (C=O) groups excluding carboxylic acids is 2. The molecule has 276 valence electrons. The Morgan fingerprint density at radius 3 is 1.60 bits per heavy atom. The van der Waals surface area contributed by atoms with Gasteiger partial charge in [0, 0.05) is 48.5 Å². The first-order valence-corrected chi connectivity index (χ1v) is 16.6. The highest BCUT2D eigenvalue weighted by Gasteiger charge is 2.45. The number of nitrogens with zero attached hydrogens (tertiary/aromatic N) is 6. The van der Waals surface area contributed by atoms with Crippen molar-refractivity contribution in [3.8, 4) is 23.0 Å². The molecule has 2 fully saturated rings. The average molecular weight is 734 g/mol. The fourth-order valence-electron chi connectivity index (χ4n) is 5.86. The Hall–Kier alpha value is -5.80. The molecule has 3 aromatic heterocycles. The number of halogens is 4. The quantitative estimate of drug-likeness (QED) is 0.104. The molecule has 3 heterocycles. The van der Waals surface area contributed by atoms with Crippen molar-refractivity contribution < 1.29 is 41.0 Å². The summed E-state index contributed by atoms with van der Waals surface area (Å²) < 4.78 is 64.6. The first-order chi connectivity index (χ1) is 25.5. The largest absolute Gasteiger partial charge is 0.497 e. The minimum absolute atomic E-state index is 0.00301. The van der Waals surface area contributed by atoms with Gasteiger partial charge in [0.1, 0.15) is 23.1 Å². The second-order valence-corrected chi connectivity index (χ2v) is 12.8. The monoisotopic (exact) mass is 733 g/mol. The number of rotatable bonds is 14. The molecule has 0 saturated heterocycles. The van der Waals surface area contributed by atoms with Gasteiger partial charge in [-0.2, -0.15) is 17.6 Å². The average Bonchev–Trinajstić information content (AvgIpc) is 4.10. The molecule has 0 radical (unpaired) electrons. The normalized spacial score (nSPS) is 14.9. The van der Waals surface area contributed by atoms with Gasteiger partial charge in [-0.25, -0.2) is 19.9 Å². The number of amides is 1. The topological polar surface area (TPSA) is 155 Å². The van der Waals surface area contributed by atoms with Crippen LogP contribution < -0.4 is 14.8 Å². The van der Waals surface area contributed by atoms with Gasteiger partial charge in [0.05, 0.1) is 31.9 Å². The van der Waals surface area contributed by atoms with Gasteiger partial charge in [0.15, 0.2) is 5.78 Å². The third kappa shape index (κ3) is 8.99. The Bertz CT molecular complexity index is 2000. The maximum atomic E-state index is 12.5. The zero-order chi connectivity index (χ0) is 37.6. The Balaban J connectivity index is 0.000000181. The zero-order valence-corrected chi connectivity index (χ0v) is 28.8. The summed E-state index contributed by atoms with van der Waals surface area (Å²) in [4.78, 5) is 39.9. The van der Waals surface area contributed by atoms with E-state index < -0.39 is 37.0 Å². The number of hydrogen-bond donors (Lipinski definition) is 1. The maximum absolute atomic E-state index is 12.5. The molecule has 0 aliphatic heterocycles. The Morgan fingerprint density at radius 1 is 0.736 bits per heavy atom. The molecule has 1 amide bonds. The van der Waals surface area contributed by atoms with Crippen LogP contribution in [0.3, 0.4) is 0 Å². The van der Waals surface area contributed by atoms with Crippen molar-refractivity contribution in [1.29, 1.82) is 0 Å². The van der Waals surface area contributed by atoms with Crippen molar-refractivity contribution in [1.82, 2.24) is 35.5 Å². The number of ketones is 1. The second kappa shape index (κ2) is 15.8. The van der Waals surface area contributed by atoms with E-state index in [1.807, 2.05) is 41.7 Å². The van der Waals surface area contributed by atoms with Crippen LogP contribution in [0.4, 0.5) is 17.6 Å². The number of methoxy groups -OCH3 is 2. The number of Topliss-reactive ketones (excluding diaryl/α,β-unsaturated/α-hetero) is 1. The molecule has 2 aromatic carbocycles. The van der Waals surface area contributed by atoms with Crippen molar-refractivity contribution in [2.45, 2.75) is 62.2 Å². The predicted octanol–water partition coefficient (Wildman–Crippen LogP) is 6.07. The summed E-state index contributed by atoms with van der Waals surface area (Å²) >= 11 is 0. The van der Waals surface area contributed by atoms with Gasteiger partial charge in [-0.15, -0.1) is 10.2 Å². The molecule has 0 unspecified atom stereocenters. The van der Waals surface area contributed by atoms with Gasteiger partial charge < -0.3 is 19.2 Å². The lowest BCUT2D eigenvalue weighted by Gasteiger charge is -2.15. The van der Waals surface area contributed by atoms with Crippen molar-refractivity contribution in [2.75, 3.05) is 20.8 Å². The van der Waals surface area contributed by atoms with Crippen LogP contribution in [0.25, 0.3) is 11.5 Å². The molecule has 7 rings (SSSR count). The highest BCUT2D eigenvalue weighted by molar-refractivity contribution is 5.99. The van der Waals surface area contributed by atoms with Crippen LogP contribution in [-0.2, 0) is 28.5 Å². The molecule has 5 aromatic rings. The van der Waals surface area contributed by atoms with Crippen LogP contribution in [0.1, 0.15) is 71.1 Å². The van der Waals surface area contributed by atoms with E-state index in [1.165, 1.54) is 35.9 Å². The molecule has 2 aliphatic carbocycles. The first kappa shape index (κ1) is 37.0. The lowest BCUT2D eigenvalue weighted by Crippen LogP contribution is -2.34. The van der Waals surface area contributed by atoms with Crippen molar-refractivity contribution in [3.63, 3.8) is 0 Å². The minimum atomic E-state index is -3.15. The Kier molecular flexibility index (Phi) is 11.0. The van der Waals surface area contributed by atoms with E-state index in [0.29, 0.717) is 30.1 Å². The van der Waals surface area contributed by atoms with Gasteiger partial charge in [0.2, 0.25) is 0 Å². The molecular formula is C37H35F4N7O5. The van der Waals surface area contributed by atoms with Crippen molar-refractivity contribution in [2.24, 2.45) is 0 Å². The van der Waals surface area contributed by atoms with Crippen LogP contribution in [-0.4, -0.2) is 69.0 Å². The van der Waals surface area contributed by atoms with Gasteiger partial charge >= 0.3 is 12.9 Å². The molecule has 1 N–H and O–H groups in total. The number of carbonyl (C=O) groups is 2. The summed E-state index contributed by atoms with van der Waals surface area (Å²) in [5.41, 5.74) is 3.08. The maximum Gasteiger partial charge on any atom is 0.315 e. The van der Waals surface area contributed by atoms with Gasteiger partial charge in [-0.3, -0.25) is 9.59 Å². The molecule has 2 saturated carbocycles. The SMILES string of the molecule is COc1ccc(C2(Cc3ncc(-c4nnc(C(F)F)o4)cn3)CC2)cc1.COc1ccc(C2(Cc3ncc(C(=O)CNC(=O)C(F)F)cn3)CC2)cc1. The number of benzene rings is 2. The van der Waals surface area contributed by atoms with Crippen LogP contribution >= 0.6 is 0 Å². The smallest absolute Gasteiger partial charge is 0.315 e. The molecule has 53 heavy (non-hydrogen) atoms. The van der Waals surface area contributed by atoms with Gasteiger partial charge in [-0.1, -0.05) is 24.3 Å². The van der Waals surface area contributed by atoms with Crippen molar-refractivity contribution in [3.05, 3.63) is 108 Å². The van der Waals surface area contributed by atoms with Crippen LogP contribution in [0.15, 0.2) is 77.7 Å². The summed E-state index contributed by atoms with van der Waals surface area (Å²) in [5, 5.41) is 8.77.